The molecular weight excluding hydrogens is 238 g/mol. The highest BCUT2D eigenvalue weighted by Crippen LogP contribution is 2.17. The Hall–Kier alpha value is -1.84. The van der Waals surface area contributed by atoms with E-state index < -0.39 is 0 Å². The van der Waals surface area contributed by atoms with Gasteiger partial charge in [0.05, 0.1) is 11.0 Å². The normalized spacial score (nSPS) is 11.7. The first-order chi connectivity index (χ1) is 8.94. The third kappa shape index (κ3) is 4.09. The summed E-state index contributed by atoms with van der Waals surface area (Å²) in [6.07, 6.45) is 1.28. The van der Waals surface area contributed by atoms with Crippen molar-refractivity contribution in [2.75, 3.05) is 6.54 Å². The Balaban J connectivity index is 1.84. The van der Waals surface area contributed by atoms with Gasteiger partial charge < -0.3 is 10.3 Å². The fraction of sp³-hybridized carbons (Fsp3) is 0.467. The van der Waals surface area contributed by atoms with Gasteiger partial charge in [0.15, 0.2) is 0 Å². The fourth-order valence-corrected chi connectivity index (χ4v) is 1.99. The molecule has 102 valence electrons. The van der Waals surface area contributed by atoms with Crippen LogP contribution in [0.15, 0.2) is 24.3 Å². The molecule has 1 amide bonds. The maximum atomic E-state index is 11.7. The number of nitrogens with zero attached hydrogens (tertiary/aromatic N) is 1. The zero-order valence-corrected chi connectivity index (χ0v) is 11.8. The van der Waals surface area contributed by atoms with Gasteiger partial charge in [-0.15, -0.1) is 0 Å². The summed E-state index contributed by atoms with van der Waals surface area (Å²) < 4.78 is 0. The summed E-state index contributed by atoms with van der Waals surface area (Å²) >= 11 is 0. The third-order valence-electron chi connectivity index (χ3n) is 2.81. The highest BCUT2D eigenvalue weighted by molar-refractivity contribution is 5.76. The molecule has 2 N–H and O–H groups in total. The average molecular weight is 259 g/mol. The first kappa shape index (κ1) is 13.6. The molecule has 2 rings (SSSR count). The number of H-pyrrole nitrogens is 1. The molecule has 1 aromatic heterocycles. The predicted octanol–water partition coefficient (Wildman–Crippen LogP) is 2.66. The molecule has 0 unspecified atom stereocenters. The molecule has 1 heterocycles. The highest BCUT2D eigenvalue weighted by atomic mass is 16.1. The fourth-order valence-electron chi connectivity index (χ4n) is 1.99. The van der Waals surface area contributed by atoms with Gasteiger partial charge in [-0.2, -0.15) is 0 Å². The Morgan fingerprint density at radius 1 is 1.32 bits per heavy atom. The maximum absolute atomic E-state index is 11.7. The monoisotopic (exact) mass is 259 g/mol. The number of carbonyl (C=O) groups is 1. The maximum Gasteiger partial charge on any atom is 0.220 e. The minimum Gasteiger partial charge on any atom is -0.356 e. The van der Waals surface area contributed by atoms with E-state index in [0.29, 0.717) is 13.0 Å². The summed E-state index contributed by atoms with van der Waals surface area (Å²) in [6.45, 7) is 6.80. The van der Waals surface area contributed by atoms with Crippen molar-refractivity contribution in [3.05, 3.63) is 30.1 Å². The zero-order chi connectivity index (χ0) is 13.9. The number of carbonyl (C=O) groups excluding carboxylic acids is 1. The second-order valence-electron chi connectivity index (χ2n) is 6.04. The molecule has 0 aliphatic rings. The number of hydrogen-bond donors (Lipinski definition) is 2. The van der Waals surface area contributed by atoms with Gasteiger partial charge in [0.1, 0.15) is 5.82 Å². The van der Waals surface area contributed by atoms with Crippen molar-refractivity contribution in [3.63, 3.8) is 0 Å². The summed E-state index contributed by atoms with van der Waals surface area (Å²) in [5.41, 5.74) is 2.04. The van der Waals surface area contributed by atoms with E-state index in [9.17, 15) is 4.79 Å². The molecule has 0 fully saturated rings. The molecule has 0 spiro atoms. The van der Waals surface area contributed by atoms with Gasteiger partial charge in [0, 0.05) is 19.4 Å². The number of para-hydroxylation sites is 2. The SMILES string of the molecule is CC(C)(C)CC(=O)NCCc1nc2ccccc2[nH]1. The molecule has 0 aliphatic heterocycles. The Morgan fingerprint density at radius 3 is 2.74 bits per heavy atom. The summed E-state index contributed by atoms with van der Waals surface area (Å²) in [5, 5.41) is 2.93. The van der Waals surface area contributed by atoms with Gasteiger partial charge in [0.25, 0.3) is 0 Å². The Kier molecular flexibility index (Phi) is 3.88. The summed E-state index contributed by atoms with van der Waals surface area (Å²) in [5.74, 6) is 1.01. The van der Waals surface area contributed by atoms with E-state index in [1.54, 1.807) is 0 Å². The number of benzene rings is 1. The Labute approximate surface area is 113 Å². The van der Waals surface area contributed by atoms with Crippen molar-refractivity contribution >= 4 is 16.9 Å². The van der Waals surface area contributed by atoms with Gasteiger partial charge in [-0.1, -0.05) is 32.9 Å². The van der Waals surface area contributed by atoms with E-state index in [-0.39, 0.29) is 11.3 Å². The van der Waals surface area contributed by atoms with Gasteiger partial charge in [-0.05, 0) is 17.5 Å². The molecule has 0 saturated carbocycles. The molecule has 0 saturated heterocycles. The van der Waals surface area contributed by atoms with Crippen LogP contribution in [0, 0.1) is 5.41 Å². The van der Waals surface area contributed by atoms with Crippen LogP contribution < -0.4 is 5.32 Å². The molecule has 0 atom stereocenters. The second-order valence-corrected chi connectivity index (χ2v) is 6.04. The number of rotatable bonds is 4. The largest absolute Gasteiger partial charge is 0.356 e. The van der Waals surface area contributed by atoms with E-state index in [1.165, 1.54) is 0 Å². The van der Waals surface area contributed by atoms with E-state index in [4.69, 9.17) is 0 Å². The lowest BCUT2D eigenvalue weighted by molar-refractivity contribution is -0.122. The number of fused-ring (bicyclic) bond motifs is 1. The van der Waals surface area contributed by atoms with Crippen molar-refractivity contribution in [2.45, 2.75) is 33.6 Å². The smallest absolute Gasteiger partial charge is 0.220 e. The molecular formula is C15H21N3O. The number of aromatic nitrogens is 2. The average Bonchev–Trinajstić information content (AvgIpc) is 2.68. The van der Waals surface area contributed by atoms with Crippen LogP contribution >= 0.6 is 0 Å². The lowest BCUT2D eigenvalue weighted by Gasteiger charge is -2.16. The minimum atomic E-state index is 0.0312. The van der Waals surface area contributed by atoms with Crippen LogP contribution in [0.3, 0.4) is 0 Å². The number of aromatic amines is 1. The van der Waals surface area contributed by atoms with Crippen LogP contribution in [-0.4, -0.2) is 22.4 Å². The van der Waals surface area contributed by atoms with Crippen molar-refractivity contribution in [1.82, 2.24) is 15.3 Å². The molecule has 2 aromatic rings. The standard InChI is InChI=1S/C15H21N3O/c1-15(2,3)10-14(19)16-9-8-13-17-11-6-4-5-7-12(11)18-13/h4-7H,8-10H2,1-3H3,(H,16,19)(H,17,18). The van der Waals surface area contributed by atoms with Crippen LogP contribution in [0.2, 0.25) is 0 Å². The first-order valence-corrected chi connectivity index (χ1v) is 6.64. The van der Waals surface area contributed by atoms with Crippen LogP contribution in [0.1, 0.15) is 33.0 Å². The van der Waals surface area contributed by atoms with E-state index >= 15 is 0 Å². The molecule has 4 nitrogen and oxygen atoms in total. The quantitative estimate of drug-likeness (QED) is 0.887. The number of imidazole rings is 1. The molecule has 1 aromatic carbocycles. The molecule has 0 radical (unpaired) electrons. The second kappa shape index (κ2) is 5.43. The zero-order valence-electron chi connectivity index (χ0n) is 11.8. The lowest BCUT2D eigenvalue weighted by Crippen LogP contribution is -2.29. The Bertz CT molecular complexity index is 533. The molecule has 19 heavy (non-hydrogen) atoms. The van der Waals surface area contributed by atoms with Gasteiger partial charge in [-0.25, -0.2) is 4.98 Å². The van der Waals surface area contributed by atoms with Crippen LogP contribution in [-0.2, 0) is 11.2 Å². The van der Waals surface area contributed by atoms with Crippen LogP contribution in [0.25, 0.3) is 11.0 Å². The summed E-state index contributed by atoms with van der Waals surface area (Å²) in [7, 11) is 0. The number of nitrogens with one attached hydrogen (secondary N) is 2. The van der Waals surface area contributed by atoms with Crippen molar-refractivity contribution in [3.8, 4) is 0 Å². The predicted molar refractivity (Wildman–Crippen MR) is 76.9 cm³/mol. The van der Waals surface area contributed by atoms with Crippen LogP contribution in [0.4, 0.5) is 0 Å². The molecule has 0 aliphatic carbocycles. The van der Waals surface area contributed by atoms with Gasteiger partial charge in [-0.3, -0.25) is 4.79 Å². The highest BCUT2D eigenvalue weighted by Gasteiger charge is 2.15. The number of amides is 1. The topological polar surface area (TPSA) is 57.8 Å². The van der Waals surface area contributed by atoms with E-state index in [0.717, 1.165) is 23.3 Å². The third-order valence-corrected chi connectivity index (χ3v) is 2.81. The van der Waals surface area contributed by atoms with Crippen molar-refractivity contribution in [2.24, 2.45) is 5.41 Å². The minimum absolute atomic E-state index is 0.0312. The summed E-state index contributed by atoms with van der Waals surface area (Å²) in [4.78, 5) is 19.4. The van der Waals surface area contributed by atoms with Crippen LogP contribution in [0.5, 0.6) is 0 Å². The van der Waals surface area contributed by atoms with Gasteiger partial charge >= 0.3 is 0 Å². The lowest BCUT2D eigenvalue weighted by atomic mass is 9.92. The summed E-state index contributed by atoms with van der Waals surface area (Å²) in [6, 6.07) is 7.94. The van der Waals surface area contributed by atoms with Gasteiger partial charge in [0.2, 0.25) is 5.91 Å². The number of hydrogen-bond acceptors (Lipinski definition) is 2. The van der Waals surface area contributed by atoms with Crippen molar-refractivity contribution < 1.29 is 4.79 Å². The first-order valence-electron chi connectivity index (χ1n) is 6.64. The Morgan fingerprint density at radius 2 is 2.05 bits per heavy atom. The van der Waals surface area contributed by atoms with E-state index in [2.05, 4.69) is 36.1 Å². The molecule has 0 bridgehead atoms. The molecule has 4 heteroatoms. The van der Waals surface area contributed by atoms with Crippen molar-refractivity contribution in [1.29, 1.82) is 0 Å². The van der Waals surface area contributed by atoms with E-state index in [1.807, 2.05) is 24.3 Å².